The minimum atomic E-state index is -0.0724. The SMILES string of the molecule is C[C@H]1CN(Cn2nnc3ccccc3c2=O)CCN1. The van der Waals surface area contributed by atoms with Gasteiger partial charge in [0.15, 0.2) is 0 Å². The number of hydrogen-bond donors (Lipinski definition) is 1. The molecule has 1 aromatic heterocycles. The van der Waals surface area contributed by atoms with Crippen molar-refractivity contribution in [1.29, 1.82) is 0 Å². The first-order chi connectivity index (χ1) is 9.24. The van der Waals surface area contributed by atoms with Gasteiger partial charge in [-0.2, -0.15) is 4.68 Å². The molecule has 0 spiro atoms. The van der Waals surface area contributed by atoms with Gasteiger partial charge in [-0.25, -0.2) is 0 Å². The van der Waals surface area contributed by atoms with E-state index in [1.54, 1.807) is 12.1 Å². The zero-order valence-electron chi connectivity index (χ0n) is 10.9. The second kappa shape index (κ2) is 5.07. The molecule has 0 aliphatic carbocycles. The third kappa shape index (κ3) is 2.50. The molecule has 0 saturated carbocycles. The molecule has 1 atom stereocenters. The van der Waals surface area contributed by atoms with Gasteiger partial charge >= 0.3 is 0 Å². The van der Waals surface area contributed by atoms with Crippen LogP contribution in [0.1, 0.15) is 6.92 Å². The predicted octanol–water partition coefficient (Wildman–Crippen LogP) is 0.0427. The molecule has 6 nitrogen and oxygen atoms in total. The molecule has 6 heteroatoms. The molecule has 0 radical (unpaired) electrons. The molecule has 0 bridgehead atoms. The predicted molar refractivity (Wildman–Crippen MR) is 72.8 cm³/mol. The molecule has 1 saturated heterocycles. The highest BCUT2D eigenvalue weighted by Gasteiger charge is 2.16. The molecule has 1 N–H and O–H groups in total. The zero-order chi connectivity index (χ0) is 13.2. The topological polar surface area (TPSA) is 63.1 Å². The Morgan fingerprint density at radius 2 is 2.26 bits per heavy atom. The van der Waals surface area contributed by atoms with Gasteiger partial charge in [0.2, 0.25) is 0 Å². The zero-order valence-corrected chi connectivity index (χ0v) is 10.9. The smallest absolute Gasteiger partial charge is 0.278 e. The van der Waals surface area contributed by atoms with Crippen LogP contribution < -0.4 is 10.9 Å². The molecular weight excluding hydrogens is 242 g/mol. The first-order valence-corrected chi connectivity index (χ1v) is 6.52. The number of rotatable bonds is 2. The molecule has 19 heavy (non-hydrogen) atoms. The number of piperazine rings is 1. The van der Waals surface area contributed by atoms with E-state index in [2.05, 4.69) is 27.5 Å². The first-order valence-electron chi connectivity index (χ1n) is 6.52. The van der Waals surface area contributed by atoms with Gasteiger partial charge in [-0.05, 0) is 19.1 Å². The lowest BCUT2D eigenvalue weighted by molar-refractivity contribution is 0.153. The van der Waals surface area contributed by atoms with Crippen LogP contribution in [0.2, 0.25) is 0 Å². The molecule has 0 unspecified atom stereocenters. The number of fused-ring (bicyclic) bond motifs is 1. The van der Waals surface area contributed by atoms with Gasteiger partial charge in [0, 0.05) is 25.7 Å². The first kappa shape index (κ1) is 12.3. The summed E-state index contributed by atoms with van der Waals surface area (Å²) in [6, 6.07) is 7.75. The Labute approximate surface area is 111 Å². The van der Waals surface area contributed by atoms with Crippen LogP contribution in [-0.2, 0) is 6.67 Å². The fraction of sp³-hybridized carbons (Fsp3) is 0.462. The van der Waals surface area contributed by atoms with Crippen LogP contribution in [0.3, 0.4) is 0 Å². The third-order valence-electron chi connectivity index (χ3n) is 3.42. The van der Waals surface area contributed by atoms with Crippen LogP contribution in [0.5, 0.6) is 0 Å². The summed E-state index contributed by atoms with van der Waals surface area (Å²) in [6.45, 7) is 5.42. The van der Waals surface area contributed by atoms with Gasteiger partial charge in [-0.15, -0.1) is 5.10 Å². The summed E-state index contributed by atoms with van der Waals surface area (Å²) in [5, 5.41) is 12.1. The highest BCUT2D eigenvalue weighted by Crippen LogP contribution is 2.04. The lowest BCUT2D eigenvalue weighted by Crippen LogP contribution is -2.50. The van der Waals surface area contributed by atoms with Crippen molar-refractivity contribution in [2.45, 2.75) is 19.6 Å². The maximum absolute atomic E-state index is 12.3. The fourth-order valence-corrected chi connectivity index (χ4v) is 2.45. The number of aromatic nitrogens is 3. The average Bonchev–Trinajstić information content (AvgIpc) is 2.42. The Balaban J connectivity index is 1.89. The van der Waals surface area contributed by atoms with E-state index in [1.165, 1.54) is 4.68 Å². The van der Waals surface area contributed by atoms with Gasteiger partial charge in [-0.1, -0.05) is 17.3 Å². The molecule has 0 amide bonds. The van der Waals surface area contributed by atoms with Crippen LogP contribution in [-0.4, -0.2) is 45.6 Å². The van der Waals surface area contributed by atoms with Crippen molar-refractivity contribution in [3.63, 3.8) is 0 Å². The fourth-order valence-electron chi connectivity index (χ4n) is 2.45. The van der Waals surface area contributed by atoms with E-state index >= 15 is 0 Å². The molecule has 2 heterocycles. The Kier molecular flexibility index (Phi) is 3.27. The number of nitrogens with one attached hydrogen (secondary N) is 1. The molecule has 2 aromatic rings. The molecule has 100 valence electrons. The van der Waals surface area contributed by atoms with Gasteiger partial charge in [-0.3, -0.25) is 9.69 Å². The summed E-state index contributed by atoms with van der Waals surface area (Å²) in [4.78, 5) is 14.5. The minimum absolute atomic E-state index is 0.0724. The largest absolute Gasteiger partial charge is 0.312 e. The van der Waals surface area contributed by atoms with Crippen LogP contribution >= 0.6 is 0 Å². The molecule has 1 aromatic carbocycles. The van der Waals surface area contributed by atoms with E-state index in [4.69, 9.17) is 0 Å². The van der Waals surface area contributed by atoms with Crippen molar-refractivity contribution in [3.8, 4) is 0 Å². The van der Waals surface area contributed by atoms with E-state index in [1.807, 2.05) is 12.1 Å². The van der Waals surface area contributed by atoms with Crippen molar-refractivity contribution in [2.24, 2.45) is 0 Å². The third-order valence-corrected chi connectivity index (χ3v) is 3.42. The highest BCUT2D eigenvalue weighted by atomic mass is 16.1. The maximum atomic E-state index is 12.3. The van der Waals surface area contributed by atoms with Crippen molar-refractivity contribution >= 4 is 10.9 Å². The molecule has 1 fully saturated rings. The molecule has 1 aliphatic heterocycles. The normalized spacial score (nSPS) is 20.8. The standard InChI is InChI=1S/C13H17N5O/c1-10-8-17(7-6-14-10)9-18-13(19)11-4-2-3-5-12(11)15-16-18/h2-5,10,14H,6-9H2,1H3/t10-/m0/s1. The van der Waals surface area contributed by atoms with E-state index in [-0.39, 0.29) is 5.56 Å². The summed E-state index contributed by atoms with van der Waals surface area (Å²) in [6.07, 6.45) is 0. The van der Waals surface area contributed by atoms with Crippen molar-refractivity contribution in [3.05, 3.63) is 34.6 Å². The monoisotopic (exact) mass is 259 g/mol. The van der Waals surface area contributed by atoms with E-state index in [0.29, 0.717) is 23.6 Å². The number of nitrogens with zero attached hydrogens (tertiary/aromatic N) is 4. The summed E-state index contributed by atoms with van der Waals surface area (Å²) >= 11 is 0. The summed E-state index contributed by atoms with van der Waals surface area (Å²) < 4.78 is 1.44. The number of benzene rings is 1. The Hall–Kier alpha value is -1.79. The van der Waals surface area contributed by atoms with Crippen molar-refractivity contribution < 1.29 is 0 Å². The van der Waals surface area contributed by atoms with Crippen LogP contribution in [0.25, 0.3) is 10.9 Å². The number of hydrogen-bond acceptors (Lipinski definition) is 5. The average molecular weight is 259 g/mol. The van der Waals surface area contributed by atoms with Crippen LogP contribution in [0.15, 0.2) is 29.1 Å². The highest BCUT2D eigenvalue weighted by molar-refractivity contribution is 5.76. The van der Waals surface area contributed by atoms with Crippen LogP contribution in [0, 0.1) is 0 Å². The van der Waals surface area contributed by atoms with Gasteiger partial charge < -0.3 is 5.32 Å². The minimum Gasteiger partial charge on any atom is -0.312 e. The van der Waals surface area contributed by atoms with Gasteiger partial charge in [0.1, 0.15) is 5.52 Å². The van der Waals surface area contributed by atoms with E-state index in [9.17, 15) is 4.79 Å². The molecule has 3 rings (SSSR count). The van der Waals surface area contributed by atoms with Gasteiger partial charge in [0.05, 0.1) is 12.1 Å². The van der Waals surface area contributed by atoms with E-state index in [0.717, 1.165) is 19.6 Å². The second-order valence-electron chi connectivity index (χ2n) is 4.98. The summed E-state index contributed by atoms with van der Waals surface area (Å²) in [7, 11) is 0. The van der Waals surface area contributed by atoms with Crippen molar-refractivity contribution in [2.75, 3.05) is 19.6 Å². The quantitative estimate of drug-likeness (QED) is 0.825. The summed E-state index contributed by atoms with van der Waals surface area (Å²) in [5.74, 6) is 0. The Bertz CT molecular complexity index is 638. The van der Waals surface area contributed by atoms with Gasteiger partial charge in [0.25, 0.3) is 5.56 Å². The molecule has 1 aliphatic rings. The lowest BCUT2D eigenvalue weighted by Gasteiger charge is -2.31. The summed E-state index contributed by atoms with van der Waals surface area (Å²) in [5.41, 5.74) is 0.578. The maximum Gasteiger partial charge on any atom is 0.278 e. The second-order valence-corrected chi connectivity index (χ2v) is 4.98. The van der Waals surface area contributed by atoms with Crippen LogP contribution in [0.4, 0.5) is 0 Å². The lowest BCUT2D eigenvalue weighted by atomic mass is 10.2. The Morgan fingerprint density at radius 3 is 3.11 bits per heavy atom. The Morgan fingerprint density at radius 1 is 1.42 bits per heavy atom. The van der Waals surface area contributed by atoms with Crippen molar-refractivity contribution in [1.82, 2.24) is 25.2 Å². The van der Waals surface area contributed by atoms with E-state index < -0.39 is 0 Å². The molecular formula is C13H17N5O.